The van der Waals surface area contributed by atoms with Gasteiger partial charge in [0.05, 0.1) is 0 Å². The van der Waals surface area contributed by atoms with Gasteiger partial charge in [-0.1, -0.05) is 74.5 Å². The van der Waals surface area contributed by atoms with Crippen LogP contribution in [0.3, 0.4) is 0 Å². The molecule has 3 aromatic rings. The summed E-state index contributed by atoms with van der Waals surface area (Å²) in [7, 11) is 0. The Bertz CT molecular complexity index is 727. The lowest BCUT2D eigenvalue weighted by molar-refractivity contribution is 0.483. The highest BCUT2D eigenvalue weighted by Crippen LogP contribution is 2.33. The van der Waals surface area contributed by atoms with Gasteiger partial charge in [0.25, 0.3) is 0 Å². The molecule has 1 radical (unpaired) electrons. The Morgan fingerprint density at radius 1 is 0.818 bits per heavy atom. The molecule has 0 amide bonds. The minimum atomic E-state index is 0.538. The van der Waals surface area contributed by atoms with Gasteiger partial charge in [-0.25, -0.2) is 0 Å². The highest BCUT2D eigenvalue weighted by Gasteiger charge is 2.08. The van der Waals surface area contributed by atoms with Crippen molar-refractivity contribution in [2.75, 3.05) is 0 Å². The predicted octanol–water partition coefficient (Wildman–Crippen LogP) is 6.07. The van der Waals surface area contributed by atoms with Gasteiger partial charge < -0.3 is 4.74 Å². The SMILES string of the molecule is CC(C)c1ccc(-c2ccc[c]c2Oc2ccccc2)cc1. The van der Waals surface area contributed by atoms with Crippen LogP contribution in [0.25, 0.3) is 11.1 Å². The van der Waals surface area contributed by atoms with E-state index >= 15 is 0 Å². The molecular weight excluding hydrogens is 268 g/mol. The van der Waals surface area contributed by atoms with Gasteiger partial charge >= 0.3 is 0 Å². The molecule has 1 nitrogen and oxygen atoms in total. The van der Waals surface area contributed by atoms with E-state index in [1.54, 1.807) is 0 Å². The lowest BCUT2D eigenvalue weighted by Crippen LogP contribution is -1.90. The summed E-state index contributed by atoms with van der Waals surface area (Å²) < 4.78 is 5.99. The van der Waals surface area contributed by atoms with Crippen LogP contribution in [-0.4, -0.2) is 0 Å². The lowest BCUT2D eigenvalue weighted by Gasteiger charge is -2.12. The molecule has 3 rings (SSSR count). The summed E-state index contributed by atoms with van der Waals surface area (Å²) in [4.78, 5) is 0. The van der Waals surface area contributed by atoms with Crippen LogP contribution in [-0.2, 0) is 0 Å². The van der Waals surface area contributed by atoms with Crippen molar-refractivity contribution in [1.29, 1.82) is 0 Å². The molecule has 0 saturated heterocycles. The predicted molar refractivity (Wildman–Crippen MR) is 91.3 cm³/mol. The van der Waals surface area contributed by atoms with Crippen molar-refractivity contribution in [3.63, 3.8) is 0 Å². The summed E-state index contributed by atoms with van der Waals surface area (Å²) in [5, 5.41) is 0. The number of benzene rings is 3. The van der Waals surface area contributed by atoms with E-state index in [1.807, 2.05) is 42.5 Å². The standard InChI is InChI=1S/C21H19O/c1-16(2)17-12-14-18(15-13-17)20-10-6-7-11-21(20)22-19-8-4-3-5-9-19/h3-10,12-16H,1-2H3. The van der Waals surface area contributed by atoms with Gasteiger partial charge in [-0.3, -0.25) is 0 Å². The fraction of sp³-hybridized carbons (Fsp3) is 0.143. The molecule has 0 saturated carbocycles. The lowest BCUT2D eigenvalue weighted by atomic mass is 9.98. The van der Waals surface area contributed by atoms with Crippen molar-refractivity contribution in [3.8, 4) is 22.6 Å². The van der Waals surface area contributed by atoms with Crippen LogP contribution in [0, 0.1) is 6.07 Å². The van der Waals surface area contributed by atoms with Crippen LogP contribution in [0.4, 0.5) is 0 Å². The summed E-state index contributed by atoms with van der Waals surface area (Å²) in [5.74, 6) is 2.12. The fourth-order valence-corrected chi connectivity index (χ4v) is 2.39. The molecule has 0 aliphatic rings. The molecular formula is C21H19O. The molecule has 0 aliphatic heterocycles. The molecule has 3 aromatic carbocycles. The summed E-state index contributed by atoms with van der Waals surface area (Å²) in [6.45, 7) is 4.41. The van der Waals surface area contributed by atoms with Crippen molar-refractivity contribution < 1.29 is 4.74 Å². The van der Waals surface area contributed by atoms with Crippen molar-refractivity contribution in [2.45, 2.75) is 19.8 Å². The minimum Gasteiger partial charge on any atom is -0.456 e. The molecule has 22 heavy (non-hydrogen) atoms. The molecule has 109 valence electrons. The van der Waals surface area contributed by atoms with Gasteiger partial charge in [-0.2, -0.15) is 0 Å². The van der Waals surface area contributed by atoms with Crippen LogP contribution in [0.2, 0.25) is 0 Å². The maximum atomic E-state index is 5.99. The molecule has 1 heteroatoms. The number of hydrogen-bond donors (Lipinski definition) is 0. The van der Waals surface area contributed by atoms with Crippen molar-refractivity contribution in [1.82, 2.24) is 0 Å². The van der Waals surface area contributed by atoms with Gasteiger partial charge in [-0.05, 0) is 29.2 Å². The third kappa shape index (κ3) is 3.20. The fourth-order valence-electron chi connectivity index (χ4n) is 2.39. The van der Waals surface area contributed by atoms with E-state index in [0.717, 1.165) is 22.6 Å². The third-order valence-electron chi connectivity index (χ3n) is 3.67. The molecule has 0 spiro atoms. The molecule has 0 heterocycles. The van der Waals surface area contributed by atoms with Crippen LogP contribution >= 0.6 is 0 Å². The normalized spacial score (nSPS) is 10.7. The highest BCUT2D eigenvalue weighted by atomic mass is 16.5. The third-order valence-corrected chi connectivity index (χ3v) is 3.67. The van der Waals surface area contributed by atoms with Crippen LogP contribution < -0.4 is 4.74 Å². The first-order valence-electron chi connectivity index (χ1n) is 7.58. The Balaban J connectivity index is 1.94. The second-order valence-corrected chi connectivity index (χ2v) is 5.60. The van der Waals surface area contributed by atoms with Crippen LogP contribution in [0.15, 0.2) is 72.8 Å². The highest BCUT2D eigenvalue weighted by molar-refractivity contribution is 5.70. The van der Waals surface area contributed by atoms with Gasteiger partial charge in [0, 0.05) is 11.6 Å². The smallest absolute Gasteiger partial charge is 0.143 e. The van der Waals surface area contributed by atoms with E-state index in [2.05, 4.69) is 50.2 Å². The number of hydrogen-bond acceptors (Lipinski definition) is 1. The van der Waals surface area contributed by atoms with E-state index in [9.17, 15) is 0 Å². The molecule has 0 aliphatic carbocycles. The van der Waals surface area contributed by atoms with Crippen LogP contribution in [0.5, 0.6) is 11.5 Å². The molecule has 0 fully saturated rings. The Kier molecular flexibility index (Phi) is 4.24. The summed E-state index contributed by atoms with van der Waals surface area (Å²) in [6, 6.07) is 27.6. The minimum absolute atomic E-state index is 0.538. The Morgan fingerprint density at radius 2 is 1.55 bits per heavy atom. The Hall–Kier alpha value is -2.54. The van der Waals surface area contributed by atoms with E-state index in [4.69, 9.17) is 4.74 Å². The summed E-state index contributed by atoms with van der Waals surface area (Å²) >= 11 is 0. The van der Waals surface area contributed by atoms with E-state index in [0.29, 0.717) is 5.92 Å². The summed E-state index contributed by atoms with van der Waals surface area (Å²) in [5.41, 5.74) is 3.54. The van der Waals surface area contributed by atoms with Crippen molar-refractivity contribution in [3.05, 3.63) is 84.4 Å². The van der Waals surface area contributed by atoms with E-state index in [-0.39, 0.29) is 0 Å². The average molecular weight is 287 g/mol. The maximum Gasteiger partial charge on any atom is 0.143 e. The molecule has 0 bridgehead atoms. The monoisotopic (exact) mass is 287 g/mol. The second kappa shape index (κ2) is 6.48. The van der Waals surface area contributed by atoms with Gasteiger partial charge in [-0.15, -0.1) is 0 Å². The quantitative estimate of drug-likeness (QED) is 0.566. The number of ether oxygens (including phenoxy) is 1. The Morgan fingerprint density at radius 3 is 2.23 bits per heavy atom. The Labute approximate surface area is 132 Å². The number of para-hydroxylation sites is 2. The zero-order valence-corrected chi connectivity index (χ0v) is 12.9. The van der Waals surface area contributed by atoms with E-state index < -0.39 is 0 Å². The van der Waals surface area contributed by atoms with Crippen molar-refractivity contribution >= 4 is 0 Å². The second-order valence-electron chi connectivity index (χ2n) is 5.60. The first-order valence-corrected chi connectivity index (χ1v) is 7.58. The average Bonchev–Trinajstić information content (AvgIpc) is 2.56. The maximum absolute atomic E-state index is 5.99. The largest absolute Gasteiger partial charge is 0.456 e. The van der Waals surface area contributed by atoms with Gasteiger partial charge in [0.15, 0.2) is 0 Å². The van der Waals surface area contributed by atoms with Gasteiger partial charge in [0.1, 0.15) is 11.5 Å². The van der Waals surface area contributed by atoms with Crippen molar-refractivity contribution in [2.24, 2.45) is 0 Å². The first kappa shape index (κ1) is 14.4. The zero-order valence-electron chi connectivity index (χ0n) is 12.9. The topological polar surface area (TPSA) is 9.23 Å². The van der Waals surface area contributed by atoms with Gasteiger partial charge in [0.2, 0.25) is 0 Å². The molecule has 0 N–H and O–H groups in total. The van der Waals surface area contributed by atoms with E-state index in [1.165, 1.54) is 5.56 Å². The zero-order chi connectivity index (χ0) is 15.4. The molecule has 0 aromatic heterocycles. The first-order chi connectivity index (χ1) is 10.7. The van der Waals surface area contributed by atoms with Crippen LogP contribution in [0.1, 0.15) is 25.3 Å². The number of rotatable bonds is 4. The molecule has 0 atom stereocenters. The summed E-state index contributed by atoms with van der Waals surface area (Å²) in [6.07, 6.45) is 0. The molecule has 0 unspecified atom stereocenters.